The third kappa shape index (κ3) is 6.04. The number of likely N-dealkylation sites (tertiary alicyclic amines) is 1. The van der Waals surface area contributed by atoms with Crippen LogP contribution in [0.2, 0.25) is 0 Å². The molecule has 6 aliphatic carbocycles. The predicted molar refractivity (Wildman–Crippen MR) is 222 cm³/mol. The average Bonchev–Trinajstić information content (AvgIpc) is 3.74. The lowest BCUT2D eigenvalue weighted by atomic mass is 9.33. The number of benzene rings is 1. The Labute approximate surface area is 336 Å². The van der Waals surface area contributed by atoms with Gasteiger partial charge in [0, 0.05) is 24.9 Å². The molecule has 8 atom stereocenters. The number of hydrogen-bond acceptors (Lipinski definition) is 5. The molecule has 306 valence electrons. The molecule has 1 aromatic rings. The van der Waals surface area contributed by atoms with Crippen molar-refractivity contribution in [2.24, 2.45) is 56.7 Å². The first kappa shape index (κ1) is 40.0. The molecule has 8 rings (SSSR count). The van der Waals surface area contributed by atoms with Gasteiger partial charge in [-0.05, 0) is 164 Å². The van der Waals surface area contributed by atoms with E-state index in [2.05, 4.69) is 59.4 Å². The van der Waals surface area contributed by atoms with Gasteiger partial charge in [0.15, 0.2) is 5.78 Å². The molecule has 1 saturated heterocycles. The van der Waals surface area contributed by atoms with Gasteiger partial charge in [-0.2, -0.15) is 0 Å². The molecule has 7 aliphatic rings. The molecule has 1 unspecified atom stereocenters. The van der Waals surface area contributed by atoms with Crippen molar-refractivity contribution in [3.8, 4) is 0 Å². The van der Waals surface area contributed by atoms with Gasteiger partial charge in [0.05, 0.1) is 18.2 Å². The van der Waals surface area contributed by atoms with Gasteiger partial charge >= 0.3 is 5.97 Å². The van der Waals surface area contributed by atoms with E-state index >= 15 is 0 Å². The minimum atomic E-state index is -0.890. The number of carboxylic acid groups (broad SMARTS) is 1. The van der Waals surface area contributed by atoms with Crippen LogP contribution in [0.3, 0.4) is 0 Å². The fraction of sp³-hybridized carbons (Fsp3) is 0.735. The van der Waals surface area contributed by atoms with E-state index in [1.54, 1.807) is 12.1 Å². The van der Waals surface area contributed by atoms with Crippen LogP contribution < -0.4 is 0 Å². The molecule has 0 radical (unpaired) electrons. The number of aliphatic hydroxyl groups is 1. The molecule has 2 N–H and O–H groups in total. The number of aromatic carboxylic acids is 1. The summed E-state index contributed by atoms with van der Waals surface area (Å²) in [5.41, 5.74) is 4.61. The molecule has 1 aromatic carbocycles. The van der Waals surface area contributed by atoms with Crippen molar-refractivity contribution in [2.75, 3.05) is 32.7 Å². The molecule has 0 spiro atoms. The zero-order valence-electron chi connectivity index (χ0n) is 35.6. The lowest BCUT2D eigenvalue weighted by Gasteiger charge is -2.71. The fourth-order valence-electron chi connectivity index (χ4n) is 14.9. The van der Waals surface area contributed by atoms with E-state index in [9.17, 15) is 24.6 Å². The quantitative estimate of drug-likeness (QED) is 0.246. The second kappa shape index (κ2) is 14.2. The summed E-state index contributed by atoms with van der Waals surface area (Å²) < 4.78 is 0. The van der Waals surface area contributed by atoms with E-state index in [1.165, 1.54) is 17.6 Å². The number of carboxylic acids is 1. The van der Waals surface area contributed by atoms with Crippen LogP contribution in [-0.4, -0.2) is 76.5 Å². The minimum absolute atomic E-state index is 0.00873. The SMILES string of the molecule is CC(C)C1=C2[C@H]3CC[C@@H]4[C@@]5(C)CC=C(c6ccc(C(=O)O)cc6)C(C)(C)C5CC[C@@]4(C)[C@]3(C)CC[C@@]2([C@@H](O)CN(CC2CCC2)C(=O)CN2CCCC2)CC1=O. The largest absolute Gasteiger partial charge is 0.478 e. The number of carbonyl (C=O) groups excluding carboxylic acids is 2. The molecule has 0 aromatic heterocycles. The third-order valence-electron chi connectivity index (χ3n) is 18.1. The average molecular weight is 767 g/mol. The van der Waals surface area contributed by atoms with Crippen molar-refractivity contribution in [3.05, 3.63) is 52.6 Å². The molecule has 1 heterocycles. The van der Waals surface area contributed by atoms with E-state index in [1.807, 2.05) is 17.0 Å². The van der Waals surface area contributed by atoms with Crippen LogP contribution in [-0.2, 0) is 9.59 Å². The van der Waals surface area contributed by atoms with Gasteiger partial charge in [-0.3, -0.25) is 14.5 Å². The number of ketones is 1. The van der Waals surface area contributed by atoms with Crippen molar-refractivity contribution in [3.63, 3.8) is 0 Å². The van der Waals surface area contributed by atoms with Crippen LogP contribution in [0.25, 0.3) is 5.57 Å². The topological polar surface area (TPSA) is 98.2 Å². The molecule has 56 heavy (non-hydrogen) atoms. The summed E-state index contributed by atoms with van der Waals surface area (Å²) in [6, 6.07) is 7.49. The minimum Gasteiger partial charge on any atom is -0.478 e. The van der Waals surface area contributed by atoms with Gasteiger partial charge in [-0.25, -0.2) is 4.79 Å². The number of fused-ring (bicyclic) bond motifs is 7. The summed E-state index contributed by atoms with van der Waals surface area (Å²) in [4.78, 5) is 44.2. The number of hydrogen-bond donors (Lipinski definition) is 2. The van der Waals surface area contributed by atoms with Gasteiger partial charge in [-0.1, -0.05) is 78.7 Å². The zero-order valence-corrected chi connectivity index (χ0v) is 35.6. The monoisotopic (exact) mass is 767 g/mol. The van der Waals surface area contributed by atoms with Crippen molar-refractivity contribution in [1.29, 1.82) is 0 Å². The van der Waals surface area contributed by atoms with Crippen molar-refractivity contribution in [2.45, 2.75) is 138 Å². The van der Waals surface area contributed by atoms with Crippen LogP contribution in [0.5, 0.6) is 0 Å². The molecule has 1 aliphatic heterocycles. The maximum atomic E-state index is 14.3. The highest BCUT2D eigenvalue weighted by Crippen LogP contribution is 2.77. The first-order valence-electron chi connectivity index (χ1n) is 22.5. The summed E-state index contributed by atoms with van der Waals surface area (Å²) in [6.45, 7) is 20.4. The third-order valence-corrected chi connectivity index (χ3v) is 18.1. The maximum absolute atomic E-state index is 14.3. The molecule has 7 nitrogen and oxygen atoms in total. The molecule has 0 bridgehead atoms. The normalized spacial score (nSPS) is 37.3. The van der Waals surface area contributed by atoms with E-state index < -0.39 is 17.5 Å². The van der Waals surface area contributed by atoms with Gasteiger partial charge in [0.25, 0.3) is 0 Å². The number of allylic oxidation sites excluding steroid dienone is 3. The van der Waals surface area contributed by atoms with E-state index in [4.69, 9.17) is 0 Å². The van der Waals surface area contributed by atoms with Crippen LogP contribution in [0.15, 0.2) is 41.5 Å². The molecule has 1 amide bonds. The predicted octanol–water partition coefficient (Wildman–Crippen LogP) is 9.44. The van der Waals surface area contributed by atoms with Crippen molar-refractivity contribution >= 4 is 23.2 Å². The van der Waals surface area contributed by atoms with Crippen LogP contribution in [0.4, 0.5) is 0 Å². The second-order valence-corrected chi connectivity index (χ2v) is 21.4. The summed E-state index contributed by atoms with van der Waals surface area (Å²) in [7, 11) is 0. The Kier molecular flexibility index (Phi) is 10.2. The van der Waals surface area contributed by atoms with Gasteiger partial charge < -0.3 is 15.1 Å². The molecular formula is C49H70N2O5. The lowest BCUT2D eigenvalue weighted by molar-refractivity contribution is -0.200. The second-order valence-electron chi connectivity index (χ2n) is 21.4. The van der Waals surface area contributed by atoms with Gasteiger partial charge in [0.2, 0.25) is 5.91 Å². The Morgan fingerprint density at radius 2 is 1.57 bits per heavy atom. The Morgan fingerprint density at radius 3 is 2.20 bits per heavy atom. The molecular weight excluding hydrogens is 697 g/mol. The first-order chi connectivity index (χ1) is 26.5. The lowest BCUT2D eigenvalue weighted by Crippen LogP contribution is -2.65. The Morgan fingerprint density at radius 1 is 0.875 bits per heavy atom. The fourth-order valence-corrected chi connectivity index (χ4v) is 14.9. The van der Waals surface area contributed by atoms with E-state index in [0.29, 0.717) is 42.8 Å². The van der Waals surface area contributed by atoms with Crippen molar-refractivity contribution < 1.29 is 24.6 Å². The highest BCUT2D eigenvalue weighted by molar-refractivity contribution is 6.01. The highest BCUT2D eigenvalue weighted by Gasteiger charge is 2.70. The number of carbonyl (C=O) groups is 3. The smallest absolute Gasteiger partial charge is 0.335 e. The Bertz CT molecular complexity index is 1800. The number of Topliss-reactive ketones (excluding diaryl/α,β-unsaturated/α-hetero) is 1. The molecule has 4 saturated carbocycles. The standard InChI is InChI=1S/C49H70N2O5/c1-31(2)42-37(52)27-49(40(53)29-51(28-32-11-10-12-32)41(54)30-50-25-8-9-26-50)24-23-47(6)36(43(42)49)17-18-39-46(5)21-19-35(33-13-15-34(16-14-33)44(55)56)45(3,4)38(46)20-22-48(39,47)7/h13-16,19,31-32,36,38-40,53H,8-12,17-18,20-30H2,1-7H3,(H,55,56)/t36-,38?,39-,40+,46+,47-,48-,49+/m1/s1. The number of aliphatic hydroxyl groups excluding tert-OH is 1. The van der Waals surface area contributed by atoms with Crippen LogP contribution in [0, 0.1) is 56.7 Å². The van der Waals surface area contributed by atoms with E-state index in [0.717, 1.165) is 101 Å². The number of amides is 1. The molecule has 5 fully saturated rings. The summed E-state index contributed by atoms with van der Waals surface area (Å²) >= 11 is 0. The number of nitrogens with zero attached hydrogens (tertiary/aromatic N) is 2. The van der Waals surface area contributed by atoms with Crippen LogP contribution >= 0.6 is 0 Å². The Hall–Kier alpha value is -2.77. The molecule has 7 heteroatoms. The van der Waals surface area contributed by atoms with Gasteiger partial charge in [0.1, 0.15) is 0 Å². The highest BCUT2D eigenvalue weighted by atomic mass is 16.4. The summed E-state index contributed by atoms with van der Waals surface area (Å²) in [6.07, 6.45) is 15.2. The first-order valence-corrected chi connectivity index (χ1v) is 22.5. The van der Waals surface area contributed by atoms with Crippen molar-refractivity contribution in [1.82, 2.24) is 9.80 Å². The van der Waals surface area contributed by atoms with Gasteiger partial charge in [-0.15, -0.1) is 0 Å². The van der Waals surface area contributed by atoms with Crippen LogP contribution in [0.1, 0.15) is 148 Å². The Balaban J connectivity index is 1.10. The zero-order chi connectivity index (χ0) is 40.0. The maximum Gasteiger partial charge on any atom is 0.335 e. The summed E-state index contributed by atoms with van der Waals surface area (Å²) in [5.74, 6) is 1.38. The number of rotatable bonds is 10. The summed E-state index contributed by atoms with van der Waals surface area (Å²) in [5, 5.41) is 22.2. The van der Waals surface area contributed by atoms with E-state index in [-0.39, 0.29) is 45.2 Å².